The number of fused-ring (bicyclic) bond motifs is 1. The lowest BCUT2D eigenvalue weighted by Gasteiger charge is -2.29. The summed E-state index contributed by atoms with van der Waals surface area (Å²) in [6, 6.07) is 6.07. The second-order valence-electron chi connectivity index (χ2n) is 3.95. The lowest BCUT2D eigenvalue weighted by atomic mass is 9.93. The van der Waals surface area contributed by atoms with Crippen LogP contribution in [0.4, 0.5) is 0 Å². The summed E-state index contributed by atoms with van der Waals surface area (Å²) >= 11 is 0. The number of hydrogen-bond donors (Lipinski definition) is 0. The van der Waals surface area contributed by atoms with Crippen molar-refractivity contribution < 1.29 is 9.47 Å². The average molecular weight is 192 g/mol. The van der Waals surface area contributed by atoms with Crippen molar-refractivity contribution in [3.63, 3.8) is 0 Å². The third-order valence-corrected chi connectivity index (χ3v) is 2.93. The molecule has 0 bridgehead atoms. The number of benzene rings is 1. The van der Waals surface area contributed by atoms with Gasteiger partial charge in [-0.3, -0.25) is 0 Å². The Balaban J connectivity index is 2.41. The van der Waals surface area contributed by atoms with Crippen LogP contribution in [-0.4, -0.2) is 13.2 Å². The Bertz CT molecular complexity index is 333. The van der Waals surface area contributed by atoms with Crippen LogP contribution in [-0.2, 0) is 6.42 Å². The number of rotatable bonds is 1. The van der Waals surface area contributed by atoms with Crippen LogP contribution in [0.3, 0.4) is 0 Å². The molecule has 2 atom stereocenters. The Labute approximate surface area is 84.8 Å². The van der Waals surface area contributed by atoms with Crippen LogP contribution in [0.25, 0.3) is 0 Å². The van der Waals surface area contributed by atoms with E-state index >= 15 is 0 Å². The van der Waals surface area contributed by atoms with Crippen LogP contribution in [0.2, 0.25) is 0 Å². The molecule has 0 N–H and O–H groups in total. The van der Waals surface area contributed by atoms with Crippen molar-refractivity contribution in [1.29, 1.82) is 0 Å². The zero-order valence-corrected chi connectivity index (χ0v) is 8.91. The van der Waals surface area contributed by atoms with Gasteiger partial charge in [0.05, 0.1) is 13.2 Å². The van der Waals surface area contributed by atoms with E-state index in [-0.39, 0.29) is 6.10 Å². The van der Waals surface area contributed by atoms with Gasteiger partial charge < -0.3 is 9.47 Å². The molecule has 1 heterocycles. The van der Waals surface area contributed by atoms with Crippen LogP contribution in [0, 0.1) is 5.92 Å². The molecular weight excluding hydrogens is 176 g/mol. The molecule has 0 fully saturated rings. The Kier molecular flexibility index (Phi) is 2.36. The summed E-state index contributed by atoms with van der Waals surface area (Å²) in [4.78, 5) is 0. The minimum Gasteiger partial charge on any atom is -0.493 e. The van der Waals surface area contributed by atoms with Crippen LogP contribution in [0.15, 0.2) is 18.2 Å². The number of ether oxygens (including phenoxy) is 2. The first kappa shape index (κ1) is 9.38. The zero-order chi connectivity index (χ0) is 10.1. The fourth-order valence-electron chi connectivity index (χ4n) is 1.83. The van der Waals surface area contributed by atoms with E-state index in [4.69, 9.17) is 9.47 Å². The quantitative estimate of drug-likeness (QED) is 0.681. The maximum absolute atomic E-state index is 5.84. The molecule has 0 saturated carbocycles. The van der Waals surface area contributed by atoms with Crippen molar-refractivity contribution in [2.24, 2.45) is 5.92 Å². The molecule has 0 amide bonds. The molecule has 0 unspecified atom stereocenters. The van der Waals surface area contributed by atoms with Gasteiger partial charge in [0, 0.05) is 0 Å². The molecule has 2 nitrogen and oxygen atoms in total. The van der Waals surface area contributed by atoms with E-state index in [0.29, 0.717) is 5.92 Å². The summed E-state index contributed by atoms with van der Waals surface area (Å²) in [5.74, 6) is 2.36. The molecule has 2 heteroatoms. The molecule has 0 aliphatic carbocycles. The summed E-state index contributed by atoms with van der Waals surface area (Å²) in [5.41, 5.74) is 1.26. The Morgan fingerprint density at radius 3 is 2.86 bits per heavy atom. The molecule has 0 radical (unpaired) electrons. The second kappa shape index (κ2) is 3.52. The van der Waals surface area contributed by atoms with Crippen LogP contribution in [0.5, 0.6) is 11.5 Å². The number of methoxy groups -OCH3 is 1. The minimum absolute atomic E-state index is 0.277. The van der Waals surface area contributed by atoms with Gasteiger partial charge in [-0.1, -0.05) is 19.1 Å². The van der Waals surface area contributed by atoms with Crippen LogP contribution < -0.4 is 9.47 Å². The molecule has 14 heavy (non-hydrogen) atoms. The van der Waals surface area contributed by atoms with Gasteiger partial charge in [-0.2, -0.15) is 0 Å². The predicted octanol–water partition coefficient (Wildman–Crippen LogP) is 2.65. The Hall–Kier alpha value is -1.18. The monoisotopic (exact) mass is 192 g/mol. The summed E-state index contributed by atoms with van der Waals surface area (Å²) in [6.07, 6.45) is 1.35. The fraction of sp³-hybridized carbons (Fsp3) is 0.500. The first-order valence-corrected chi connectivity index (χ1v) is 5.05. The summed E-state index contributed by atoms with van der Waals surface area (Å²) < 4.78 is 11.1. The molecule has 1 aliphatic heterocycles. The highest BCUT2D eigenvalue weighted by molar-refractivity contribution is 5.48. The third kappa shape index (κ3) is 1.45. The average Bonchev–Trinajstić information content (AvgIpc) is 2.19. The van der Waals surface area contributed by atoms with Gasteiger partial charge in [-0.05, 0) is 30.9 Å². The highest BCUT2D eigenvalue weighted by Gasteiger charge is 2.25. The lowest BCUT2D eigenvalue weighted by molar-refractivity contribution is 0.134. The largest absolute Gasteiger partial charge is 0.493 e. The van der Waals surface area contributed by atoms with Crippen molar-refractivity contribution >= 4 is 0 Å². The zero-order valence-electron chi connectivity index (χ0n) is 8.91. The molecular formula is C12H16O2. The van der Waals surface area contributed by atoms with Crippen LogP contribution >= 0.6 is 0 Å². The van der Waals surface area contributed by atoms with E-state index in [1.165, 1.54) is 5.56 Å². The third-order valence-electron chi connectivity index (χ3n) is 2.93. The van der Waals surface area contributed by atoms with Gasteiger partial charge in [0.15, 0.2) is 11.5 Å². The molecule has 1 aromatic rings. The van der Waals surface area contributed by atoms with Crippen molar-refractivity contribution in [1.82, 2.24) is 0 Å². The molecule has 1 aromatic carbocycles. The minimum atomic E-state index is 0.277. The summed E-state index contributed by atoms with van der Waals surface area (Å²) in [5, 5.41) is 0. The smallest absolute Gasteiger partial charge is 0.164 e. The lowest BCUT2D eigenvalue weighted by Crippen LogP contribution is -2.28. The highest BCUT2D eigenvalue weighted by atomic mass is 16.5. The standard InChI is InChI=1S/C12H16O2/c1-8-7-10-5-4-6-11(13-3)12(10)14-9(8)2/h4-6,8-9H,7H2,1-3H3/t8-,9-/m1/s1. The predicted molar refractivity (Wildman–Crippen MR) is 56.0 cm³/mol. The van der Waals surface area contributed by atoms with Gasteiger partial charge in [0.2, 0.25) is 0 Å². The van der Waals surface area contributed by atoms with E-state index in [9.17, 15) is 0 Å². The Morgan fingerprint density at radius 2 is 2.14 bits per heavy atom. The summed E-state index contributed by atoms with van der Waals surface area (Å²) in [6.45, 7) is 4.33. The maximum Gasteiger partial charge on any atom is 0.164 e. The van der Waals surface area contributed by atoms with Gasteiger partial charge in [0.1, 0.15) is 0 Å². The van der Waals surface area contributed by atoms with Gasteiger partial charge in [-0.15, -0.1) is 0 Å². The van der Waals surface area contributed by atoms with E-state index < -0.39 is 0 Å². The Morgan fingerprint density at radius 1 is 1.36 bits per heavy atom. The van der Waals surface area contributed by atoms with Crippen molar-refractivity contribution in [2.75, 3.05) is 7.11 Å². The molecule has 2 rings (SSSR count). The topological polar surface area (TPSA) is 18.5 Å². The number of para-hydroxylation sites is 1. The molecule has 0 aromatic heterocycles. The SMILES string of the molecule is COc1cccc2c1O[C@H](C)[C@H](C)C2. The molecule has 0 spiro atoms. The first-order chi connectivity index (χ1) is 6.72. The highest BCUT2D eigenvalue weighted by Crippen LogP contribution is 2.37. The summed E-state index contributed by atoms with van der Waals surface area (Å²) in [7, 11) is 1.68. The fourth-order valence-corrected chi connectivity index (χ4v) is 1.83. The van der Waals surface area contributed by atoms with Gasteiger partial charge in [-0.25, -0.2) is 0 Å². The van der Waals surface area contributed by atoms with Crippen LogP contribution in [0.1, 0.15) is 19.4 Å². The second-order valence-corrected chi connectivity index (χ2v) is 3.95. The molecule has 76 valence electrons. The molecule has 0 saturated heterocycles. The normalized spacial score (nSPS) is 25.1. The van der Waals surface area contributed by atoms with E-state index in [1.807, 2.05) is 12.1 Å². The van der Waals surface area contributed by atoms with Gasteiger partial charge >= 0.3 is 0 Å². The maximum atomic E-state index is 5.84. The number of hydrogen-bond acceptors (Lipinski definition) is 2. The van der Waals surface area contributed by atoms with Crippen molar-refractivity contribution in [2.45, 2.75) is 26.4 Å². The van der Waals surface area contributed by atoms with E-state index in [1.54, 1.807) is 7.11 Å². The van der Waals surface area contributed by atoms with Crippen molar-refractivity contribution in [3.05, 3.63) is 23.8 Å². The van der Waals surface area contributed by atoms with E-state index in [0.717, 1.165) is 17.9 Å². The first-order valence-electron chi connectivity index (χ1n) is 5.05. The van der Waals surface area contributed by atoms with Gasteiger partial charge in [0.25, 0.3) is 0 Å². The van der Waals surface area contributed by atoms with Crippen molar-refractivity contribution in [3.8, 4) is 11.5 Å². The molecule has 1 aliphatic rings. The van der Waals surface area contributed by atoms with E-state index in [2.05, 4.69) is 19.9 Å².